The maximum absolute atomic E-state index is 13.5. The monoisotopic (exact) mass is 388 g/mol. The molecule has 2 N–H and O–H groups in total. The summed E-state index contributed by atoms with van der Waals surface area (Å²) in [5.74, 6) is -6.05. The predicted octanol–water partition coefficient (Wildman–Crippen LogP) is 1.59. The van der Waals surface area contributed by atoms with Crippen molar-refractivity contribution in [3.05, 3.63) is 32.4 Å². The van der Waals surface area contributed by atoms with Crippen molar-refractivity contribution in [1.82, 2.24) is 0 Å². The molecule has 6 nitrogen and oxygen atoms in total. The van der Waals surface area contributed by atoms with Crippen LogP contribution in [0.5, 0.6) is 0 Å². The molecule has 0 aliphatic carbocycles. The van der Waals surface area contributed by atoms with Gasteiger partial charge in [-0.2, -0.15) is 0 Å². The molecule has 1 aromatic carbocycles. The Balaban J connectivity index is 3.61. The van der Waals surface area contributed by atoms with E-state index in [2.05, 4.69) is 0 Å². The van der Waals surface area contributed by atoms with Crippen LogP contribution in [0, 0.1) is 15.2 Å². The minimum absolute atomic E-state index is 0.446. The lowest BCUT2D eigenvalue weighted by molar-refractivity contribution is -0.137. The fourth-order valence-electron chi connectivity index (χ4n) is 1.50. The number of benzene rings is 1. The highest BCUT2D eigenvalue weighted by Gasteiger charge is 2.24. The smallest absolute Gasteiger partial charge is 0.341 e. The first-order valence-corrected chi connectivity index (χ1v) is 7.56. The summed E-state index contributed by atoms with van der Waals surface area (Å²) in [6, 6.07) is 0.463. The SMILES string of the molecule is O=C(O)Cc1cc(F)c(F)c(CC(=O)O)c1I(=O)=O. The Labute approximate surface area is 112 Å². The molecule has 19 heavy (non-hydrogen) atoms. The van der Waals surface area contributed by atoms with E-state index < -0.39 is 70.9 Å². The van der Waals surface area contributed by atoms with Crippen molar-refractivity contribution < 1.29 is 34.7 Å². The molecular formula is C10H7F2IO6. The van der Waals surface area contributed by atoms with Crippen LogP contribution in [-0.2, 0) is 28.6 Å². The van der Waals surface area contributed by atoms with Crippen LogP contribution in [0.2, 0.25) is 0 Å². The highest BCUT2D eigenvalue weighted by atomic mass is 127. The van der Waals surface area contributed by atoms with Crippen molar-refractivity contribution in [3.8, 4) is 0 Å². The zero-order valence-electron chi connectivity index (χ0n) is 9.15. The summed E-state index contributed by atoms with van der Waals surface area (Å²) in [5.41, 5.74) is -1.28. The average molecular weight is 388 g/mol. The highest BCUT2D eigenvalue weighted by Crippen LogP contribution is 2.30. The summed E-state index contributed by atoms with van der Waals surface area (Å²) < 4.78 is 48.2. The van der Waals surface area contributed by atoms with Gasteiger partial charge in [-0.25, -0.2) is 14.9 Å². The lowest BCUT2D eigenvalue weighted by Gasteiger charge is -2.08. The van der Waals surface area contributed by atoms with E-state index in [1.807, 2.05) is 0 Å². The van der Waals surface area contributed by atoms with E-state index in [9.17, 15) is 24.5 Å². The fraction of sp³-hybridized carbons (Fsp3) is 0.200. The molecule has 0 spiro atoms. The second-order valence-corrected chi connectivity index (χ2v) is 5.80. The number of carboxylic acids is 2. The maximum atomic E-state index is 13.5. The van der Waals surface area contributed by atoms with Crippen LogP contribution in [-0.4, -0.2) is 22.2 Å². The molecule has 0 aliphatic rings. The van der Waals surface area contributed by atoms with Crippen molar-refractivity contribution in [1.29, 1.82) is 0 Å². The number of hydrogen-bond donors (Lipinski definition) is 2. The van der Waals surface area contributed by atoms with Crippen LogP contribution < -0.4 is 0 Å². The number of hydrogen-bond acceptors (Lipinski definition) is 4. The normalized spacial score (nSPS) is 10.7. The van der Waals surface area contributed by atoms with Crippen molar-refractivity contribution in [3.63, 3.8) is 0 Å². The molecule has 104 valence electrons. The van der Waals surface area contributed by atoms with Gasteiger partial charge in [0.2, 0.25) is 0 Å². The first-order valence-electron chi connectivity index (χ1n) is 4.72. The van der Waals surface area contributed by atoms with Crippen LogP contribution in [0.15, 0.2) is 6.07 Å². The average Bonchev–Trinajstić information content (AvgIpc) is 2.23. The molecule has 0 saturated heterocycles. The summed E-state index contributed by atoms with van der Waals surface area (Å²) in [6.07, 6.45) is -1.87. The Morgan fingerprint density at radius 1 is 1.11 bits per heavy atom. The molecular weight excluding hydrogens is 381 g/mol. The van der Waals surface area contributed by atoms with Gasteiger partial charge in [-0.15, -0.1) is 0 Å². The van der Waals surface area contributed by atoms with E-state index in [1.54, 1.807) is 0 Å². The van der Waals surface area contributed by atoms with Gasteiger partial charge in [-0.3, -0.25) is 9.59 Å². The van der Waals surface area contributed by atoms with Crippen molar-refractivity contribution >= 4 is 31.7 Å². The third-order valence-corrected chi connectivity index (χ3v) is 4.37. The number of halogens is 3. The molecule has 0 heterocycles. The lowest BCUT2D eigenvalue weighted by atomic mass is 10.0. The number of carbonyl (C=O) groups is 2. The summed E-state index contributed by atoms with van der Waals surface area (Å²) >= 11 is -4.39. The fourth-order valence-corrected chi connectivity index (χ4v) is 3.38. The number of rotatable bonds is 5. The Kier molecular flexibility index (Phi) is 4.86. The molecule has 0 amide bonds. The minimum atomic E-state index is -4.39. The van der Waals surface area contributed by atoms with Gasteiger partial charge in [0.1, 0.15) is 0 Å². The topological polar surface area (TPSA) is 109 Å². The third-order valence-electron chi connectivity index (χ3n) is 2.15. The Hall–Kier alpha value is -1.65. The third kappa shape index (κ3) is 3.66. The molecule has 9 heteroatoms. The highest BCUT2D eigenvalue weighted by molar-refractivity contribution is 14.2. The first-order chi connectivity index (χ1) is 8.73. The molecule has 0 bridgehead atoms. The van der Waals surface area contributed by atoms with E-state index in [0.717, 1.165) is 0 Å². The largest absolute Gasteiger partial charge is 0.481 e. The van der Waals surface area contributed by atoms with Gasteiger partial charge in [0.05, 0.1) is 16.4 Å². The molecule has 0 aliphatic heterocycles. The van der Waals surface area contributed by atoms with E-state index in [0.29, 0.717) is 6.07 Å². The van der Waals surface area contributed by atoms with Gasteiger partial charge in [-0.1, -0.05) is 0 Å². The maximum Gasteiger partial charge on any atom is 0.341 e. The van der Waals surface area contributed by atoms with Gasteiger partial charge in [-0.05, 0) is 11.6 Å². The van der Waals surface area contributed by atoms with Gasteiger partial charge in [0, 0.05) is 5.56 Å². The molecule has 0 aromatic heterocycles. The van der Waals surface area contributed by atoms with Gasteiger partial charge in [0.15, 0.2) is 11.6 Å². The van der Waals surface area contributed by atoms with E-state index in [1.165, 1.54) is 0 Å². The molecule has 1 aromatic rings. The summed E-state index contributed by atoms with van der Waals surface area (Å²) in [6.45, 7) is 0. The molecule has 0 radical (unpaired) electrons. The van der Waals surface area contributed by atoms with Crippen LogP contribution >= 0.6 is 19.8 Å². The summed E-state index contributed by atoms with van der Waals surface area (Å²) in [4.78, 5) is 21.1. The van der Waals surface area contributed by atoms with Crippen LogP contribution in [0.25, 0.3) is 0 Å². The Bertz CT molecular complexity index is 615. The Morgan fingerprint density at radius 3 is 2.05 bits per heavy atom. The predicted molar refractivity (Wildman–Crippen MR) is 63.1 cm³/mol. The van der Waals surface area contributed by atoms with Crippen molar-refractivity contribution in [2.75, 3.05) is 0 Å². The molecule has 0 fully saturated rings. The van der Waals surface area contributed by atoms with Gasteiger partial charge >= 0.3 is 31.7 Å². The molecule has 1 rings (SSSR count). The van der Waals surface area contributed by atoms with Crippen LogP contribution in [0.4, 0.5) is 8.78 Å². The number of aliphatic carboxylic acids is 2. The first kappa shape index (κ1) is 15.4. The quantitative estimate of drug-likeness (QED) is 0.586. The standard InChI is InChI=1S/C10H7F2IO6/c11-6-1-4(2-7(14)15)10(13(18)19)5(9(6)12)3-8(16)17/h1H,2-3H2,(H,14,15)(H,16,17). The zero-order valence-corrected chi connectivity index (χ0v) is 11.3. The van der Waals surface area contributed by atoms with Gasteiger partial charge < -0.3 is 10.2 Å². The lowest BCUT2D eigenvalue weighted by Crippen LogP contribution is -2.12. The number of carboxylic acid groups (broad SMARTS) is 2. The Morgan fingerprint density at radius 2 is 1.63 bits per heavy atom. The van der Waals surface area contributed by atoms with Crippen LogP contribution in [0.1, 0.15) is 11.1 Å². The summed E-state index contributed by atoms with van der Waals surface area (Å²) in [7, 11) is 0. The molecule has 0 unspecified atom stereocenters. The van der Waals surface area contributed by atoms with E-state index in [4.69, 9.17) is 10.2 Å². The molecule has 0 saturated carbocycles. The van der Waals surface area contributed by atoms with E-state index >= 15 is 0 Å². The van der Waals surface area contributed by atoms with E-state index in [-0.39, 0.29) is 0 Å². The second kappa shape index (κ2) is 5.99. The van der Waals surface area contributed by atoms with Crippen LogP contribution in [0.3, 0.4) is 0 Å². The zero-order chi connectivity index (χ0) is 14.7. The molecule has 0 atom stereocenters. The van der Waals surface area contributed by atoms with Crippen molar-refractivity contribution in [2.24, 2.45) is 0 Å². The van der Waals surface area contributed by atoms with Crippen molar-refractivity contribution in [2.45, 2.75) is 12.8 Å². The van der Waals surface area contributed by atoms with Gasteiger partial charge in [0.25, 0.3) is 0 Å². The minimum Gasteiger partial charge on any atom is -0.481 e. The second-order valence-electron chi connectivity index (χ2n) is 3.48. The summed E-state index contributed by atoms with van der Waals surface area (Å²) in [5, 5.41) is 17.2.